The maximum atomic E-state index is 15.4. The van der Waals surface area contributed by atoms with Crippen LogP contribution >= 0.6 is 12.6 Å². The molecule has 0 fully saturated rings. The number of carbonyl (C=O) groups is 1. The Morgan fingerprint density at radius 3 is 1.03 bits per heavy atom. The van der Waals surface area contributed by atoms with Crippen LogP contribution in [0.4, 0.5) is 87.8 Å². The average Bonchev–Trinajstić information content (AvgIpc) is 3.29. The summed E-state index contributed by atoms with van der Waals surface area (Å²) in [4.78, 5) is 13.2. The lowest BCUT2D eigenvalue weighted by atomic mass is 9.12. The van der Waals surface area contributed by atoms with E-state index in [1.54, 1.807) is 0 Å². The van der Waals surface area contributed by atoms with E-state index in [4.69, 9.17) is 0 Å². The number of carbonyl (C=O) groups excluding carboxylic acids is 1. The van der Waals surface area contributed by atoms with Gasteiger partial charge < -0.3 is 0 Å². The molecule has 0 radical (unpaired) electrons. The van der Waals surface area contributed by atoms with Gasteiger partial charge in [-0.25, -0.2) is 87.8 Å². The van der Waals surface area contributed by atoms with Gasteiger partial charge >= 0.3 is 0 Å². The zero-order chi connectivity index (χ0) is 48.3. The summed E-state index contributed by atoms with van der Waals surface area (Å²) >= 11 is 4.37. The lowest BCUT2D eigenvalue weighted by molar-refractivity contribution is -0.657. The van der Waals surface area contributed by atoms with Crippen molar-refractivity contribution < 1.29 is 97.2 Å². The van der Waals surface area contributed by atoms with Crippen molar-refractivity contribution in [3.63, 3.8) is 0 Å². The quantitative estimate of drug-likeness (QED) is 0.0322. The molecule has 0 bridgehead atoms. The molecule has 6 aromatic carbocycles. The fraction of sp³-hybridized carbons (Fsp3) is 0.0244. The molecule has 0 N–H and O–H groups in total. The van der Waals surface area contributed by atoms with Gasteiger partial charge in [0.05, 0.1) is 0 Å². The number of nitrogens with zero attached hydrogens (tertiary/aromatic N) is 1. The van der Waals surface area contributed by atoms with Gasteiger partial charge in [-0.1, -0.05) is 30.3 Å². The molecule has 0 aliphatic carbocycles. The van der Waals surface area contributed by atoms with E-state index in [2.05, 4.69) is 12.6 Å². The van der Waals surface area contributed by atoms with Gasteiger partial charge in [-0.05, 0) is 18.2 Å². The second kappa shape index (κ2) is 17.8. The number of thiol groups is 1. The normalized spacial score (nSPS) is 11.6. The molecule has 0 unspecified atom stereocenters. The van der Waals surface area contributed by atoms with E-state index in [-0.39, 0.29) is 5.78 Å². The number of hydrogen-bond acceptors (Lipinski definition) is 2. The van der Waals surface area contributed by atoms with E-state index >= 15 is 35.1 Å². The predicted molar refractivity (Wildman–Crippen MR) is 191 cm³/mol. The predicted octanol–water partition coefficient (Wildman–Crippen LogP) is 9.14. The van der Waals surface area contributed by atoms with Gasteiger partial charge in [0.25, 0.3) is 0 Å². The van der Waals surface area contributed by atoms with Crippen LogP contribution < -0.4 is 26.4 Å². The maximum absolute atomic E-state index is 15.4. The second-order valence-electron chi connectivity index (χ2n) is 13.5. The summed E-state index contributed by atoms with van der Waals surface area (Å²) in [7, 11) is 0. The molecule has 0 atom stereocenters. The Balaban J connectivity index is 0.000000289. The minimum absolute atomic E-state index is 0.104. The Kier molecular flexibility index (Phi) is 13.1. The highest BCUT2D eigenvalue weighted by Crippen LogP contribution is 2.31. The first-order valence-electron chi connectivity index (χ1n) is 17.4. The number of Topliss-reactive ketones (excluding diaryl/α,β-unsaturated/α-hetero) is 1. The Bertz CT molecular complexity index is 2730. The molecule has 0 aliphatic heterocycles. The van der Waals surface area contributed by atoms with Crippen LogP contribution in [-0.2, 0) is 6.54 Å². The largest absolute Gasteiger partial charge is 0.287 e. The summed E-state index contributed by atoms with van der Waals surface area (Å²) < 4.78 is 296. The fourth-order valence-corrected chi connectivity index (χ4v) is 7.33. The molecular weight excluding hydrogens is 945 g/mol. The van der Waals surface area contributed by atoms with Crippen LogP contribution in [0.15, 0.2) is 71.8 Å². The highest BCUT2D eigenvalue weighted by Gasteiger charge is 2.52. The molecular formula is C41H14BF20NOS. The highest BCUT2D eigenvalue weighted by molar-refractivity contribution is 7.80. The Morgan fingerprint density at radius 1 is 0.400 bits per heavy atom. The van der Waals surface area contributed by atoms with Crippen molar-refractivity contribution in [3.05, 3.63) is 189 Å². The molecule has 0 aliphatic rings. The third kappa shape index (κ3) is 7.59. The lowest BCUT2D eigenvalue weighted by Crippen LogP contribution is -2.81. The van der Waals surface area contributed by atoms with Gasteiger partial charge in [0.15, 0.2) is 76.0 Å². The summed E-state index contributed by atoms with van der Waals surface area (Å²) in [5, 5.41) is 1.10. The Morgan fingerprint density at radius 2 is 0.708 bits per heavy atom. The van der Waals surface area contributed by atoms with Crippen molar-refractivity contribution in [2.75, 3.05) is 0 Å². The summed E-state index contributed by atoms with van der Waals surface area (Å²) in [6, 6.07) is 19.3. The number of hydrogen-bond donors (Lipinski definition) is 1. The minimum atomic E-state index is -7.22. The number of pyridine rings is 1. The summed E-state index contributed by atoms with van der Waals surface area (Å²) in [6.45, 7) is 0.332. The van der Waals surface area contributed by atoms with Crippen molar-refractivity contribution in [2.24, 2.45) is 0 Å². The van der Waals surface area contributed by atoms with E-state index in [1.807, 2.05) is 71.4 Å². The van der Waals surface area contributed by atoms with Gasteiger partial charge in [0, 0.05) is 28.0 Å². The van der Waals surface area contributed by atoms with E-state index in [1.165, 1.54) is 0 Å². The first-order valence-corrected chi connectivity index (χ1v) is 17.8. The molecule has 7 rings (SSSR count). The van der Waals surface area contributed by atoms with Crippen LogP contribution in [0.2, 0.25) is 0 Å². The molecule has 338 valence electrons. The number of ketones is 1. The van der Waals surface area contributed by atoms with Crippen molar-refractivity contribution in [1.82, 2.24) is 0 Å². The monoisotopic (exact) mass is 959 g/mol. The highest BCUT2D eigenvalue weighted by atomic mass is 32.1. The van der Waals surface area contributed by atoms with Gasteiger partial charge in [0.1, 0.15) is 52.7 Å². The second-order valence-corrected chi connectivity index (χ2v) is 14.0. The first kappa shape index (κ1) is 47.9. The molecule has 1 aromatic heterocycles. The van der Waals surface area contributed by atoms with Crippen LogP contribution in [-0.4, -0.2) is 11.9 Å². The average molecular weight is 959 g/mol. The number of fused-ring (bicyclic) bond motifs is 1. The Hall–Kier alpha value is -6.59. The number of rotatable bonds is 7. The maximum Gasteiger partial charge on any atom is 0.227 e. The standard InChI is InChI=1S/C24BF20.C17H13NOS/c26-5-1(6(27)14(35)21(42)13(5)34)25(2-7(28)15(36)22(43)16(37)8(2)29,3-9(30)17(38)23(44)18(39)10(3)31)4-11(32)19(40)24(45)20(41)12(4)33;19-17(14-5-2-1-3-6-14)12-18-10-4-7-13-8-9-15(20)11-16(13)18/h;1-11H,12H2/q-1;/p+1. The first-order chi connectivity index (χ1) is 30.4. The number of halogens is 20. The molecule has 0 saturated carbocycles. The van der Waals surface area contributed by atoms with Gasteiger partial charge in [-0.15, -0.1) is 34.5 Å². The summed E-state index contributed by atoms with van der Waals surface area (Å²) in [5.74, 6) is -71.3. The van der Waals surface area contributed by atoms with Gasteiger partial charge in [0.2, 0.25) is 17.8 Å². The smallest absolute Gasteiger partial charge is 0.227 e. The van der Waals surface area contributed by atoms with Gasteiger partial charge in [-0.3, -0.25) is 4.79 Å². The van der Waals surface area contributed by atoms with Crippen LogP contribution in [0.25, 0.3) is 10.9 Å². The molecule has 65 heavy (non-hydrogen) atoms. The molecule has 7 aromatic rings. The fourth-order valence-electron chi connectivity index (χ4n) is 7.13. The number of aromatic nitrogens is 1. The SMILES string of the molecule is Fc1c(F)c(F)c([B-](c2c(F)c(F)c(F)c(F)c2F)(c2c(F)c(F)c(F)c(F)c2F)c2c(F)c(F)c(F)c(F)c2F)c(F)c1F.O=C(C[n+]1cccc2ccc(S)cc21)c1ccccc1. The third-order valence-electron chi connectivity index (χ3n) is 9.98. The van der Waals surface area contributed by atoms with Crippen molar-refractivity contribution >= 4 is 57.3 Å². The minimum Gasteiger partial charge on any atom is -0.287 e. The van der Waals surface area contributed by atoms with Crippen molar-refractivity contribution in [3.8, 4) is 0 Å². The van der Waals surface area contributed by atoms with E-state index in [9.17, 15) is 57.5 Å². The van der Waals surface area contributed by atoms with E-state index in [0.29, 0.717) is 6.54 Å². The van der Waals surface area contributed by atoms with Crippen LogP contribution in [0, 0.1) is 116 Å². The van der Waals surface area contributed by atoms with Crippen molar-refractivity contribution in [1.29, 1.82) is 0 Å². The van der Waals surface area contributed by atoms with E-state index < -0.39 is 144 Å². The molecule has 0 saturated heterocycles. The summed E-state index contributed by atoms with van der Waals surface area (Å²) in [6.07, 6.45) is -5.29. The topological polar surface area (TPSA) is 20.9 Å². The zero-order valence-corrected chi connectivity index (χ0v) is 31.9. The molecule has 0 amide bonds. The molecule has 2 nitrogen and oxygen atoms in total. The number of benzene rings is 6. The lowest BCUT2D eigenvalue weighted by Gasteiger charge is -2.44. The van der Waals surface area contributed by atoms with Crippen molar-refractivity contribution in [2.45, 2.75) is 11.4 Å². The van der Waals surface area contributed by atoms with Gasteiger partial charge in [-0.2, -0.15) is 4.57 Å². The van der Waals surface area contributed by atoms with E-state index in [0.717, 1.165) is 21.4 Å². The third-order valence-corrected chi connectivity index (χ3v) is 10.3. The van der Waals surface area contributed by atoms with Crippen LogP contribution in [0.1, 0.15) is 10.4 Å². The molecule has 1 heterocycles. The molecule has 0 spiro atoms. The molecule has 24 heteroatoms. The zero-order valence-electron chi connectivity index (χ0n) is 31.0. The van der Waals surface area contributed by atoms with Crippen LogP contribution in [0.3, 0.4) is 0 Å². The van der Waals surface area contributed by atoms with Crippen LogP contribution in [0.5, 0.6) is 0 Å². The Labute approximate surface area is 354 Å². The summed E-state index contributed by atoms with van der Waals surface area (Å²) in [5.41, 5.74) is -12.6.